The van der Waals surface area contributed by atoms with Crippen LogP contribution in [0.25, 0.3) is 0 Å². The molecular weight excluding hydrogens is 148 g/mol. The largest absolute Gasteiger partial charge is 0.179 e. The second-order valence-corrected chi connectivity index (χ2v) is 3.79. The van der Waals surface area contributed by atoms with Gasteiger partial charge in [0.15, 0.2) is 0 Å². The molecule has 0 rings (SSSR count). The van der Waals surface area contributed by atoms with Crippen LogP contribution < -0.4 is 0 Å². The molecule has 56 valence electrons. The lowest BCUT2D eigenvalue weighted by Gasteiger charge is -2.12. The molecule has 0 amide bonds. The minimum absolute atomic E-state index is 0.567. The highest BCUT2D eigenvalue weighted by molar-refractivity contribution is 7.81. The predicted molar refractivity (Wildman–Crippen MR) is 50.7 cm³/mol. The zero-order chi connectivity index (χ0) is 7.28. The summed E-state index contributed by atoms with van der Waals surface area (Å²) in [5, 5.41) is 0.567. The second kappa shape index (κ2) is 5.48. The fraction of sp³-hybridized carbons (Fsp3) is 1.00. The molecular formula is C7H16S2. The Labute approximate surface area is 69.2 Å². The molecule has 2 heteroatoms. The van der Waals surface area contributed by atoms with Gasteiger partial charge in [-0.25, -0.2) is 0 Å². The van der Waals surface area contributed by atoms with Gasteiger partial charge in [-0.3, -0.25) is 0 Å². The fourth-order valence-electron chi connectivity index (χ4n) is 0.634. The minimum Gasteiger partial charge on any atom is -0.179 e. The average Bonchev–Trinajstić information content (AvgIpc) is 1.82. The number of hydrogen-bond donors (Lipinski definition) is 2. The van der Waals surface area contributed by atoms with Gasteiger partial charge in [-0.2, -0.15) is 25.3 Å². The molecule has 0 fully saturated rings. The predicted octanol–water partition coefficient (Wildman–Crippen LogP) is 2.65. The van der Waals surface area contributed by atoms with Gasteiger partial charge in [0.2, 0.25) is 0 Å². The molecule has 0 aliphatic rings. The van der Waals surface area contributed by atoms with E-state index in [1.54, 1.807) is 0 Å². The summed E-state index contributed by atoms with van der Waals surface area (Å²) in [6, 6.07) is 0. The van der Waals surface area contributed by atoms with Crippen molar-refractivity contribution in [2.24, 2.45) is 5.92 Å². The lowest BCUT2D eigenvalue weighted by molar-refractivity contribution is 0.572. The Bertz CT molecular complexity index is 61.9. The van der Waals surface area contributed by atoms with Crippen LogP contribution in [0.5, 0.6) is 0 Å². The van der Waals surface area contributed by atoms with Crippen LogP contribution in [0.1, 0.15) is 26.7 Å². The third kappa shape index (κ3) is 5.16. The summed E-state index contributed by atoms with van der Waals surface area (Å²) < 4.78 is 0. The molecule has 0 aromatic heterocycles. The lowest BCUT2D eigenvalue weighted by atomic mass is 10.1. The topological polar surface area (TPSA) is 0 Å². The van der Waals surface area contributed by atoms with Crippen molar-refractivity contribution in [2.75, 3.05) is 5.75 Å². The smallest absolute Gasteiger partial charge is 0.00401 e. The summed E-state index contributed by atoms with van der Waals surface area (Å²) in [5.74, 6) is 1.69. The first-order valence-electron chi connectivity index (χ1n) is 3.47. The third-order valence-electron chi connectivity index (χ3n) is 1.43. The standard InChI is InChI=1S/C7H16S2/c1-6(2)7(9)4-3-5-8/h6-9H,3-5H2,1-2H3. The molecule has 0 spiro atoms. The van der Waals surface area contributed by atoms with Crippen LogP contribution in [0, 0.1) is 5.92 Å². The molecule has 0 nitrogen and oxygen atoms in total. The Hall–Kier alpha value is 0.700. The quantitative estimate of drug-likeness (QED) is 0.586. The second-order valence-electron chi connectivity index (χ2n) is 2.68. The van der Waals surface area contributed by atoms with Gasteiger partial charge in [-0.15, -0.1) is 0 Å². The summed E-state index contributed by atoms with van der Waals surface area (Å²) in [4.78, 5) is 0. The Balaban J connectivity index is 3.16. The highest BCUT2D eigenvalue weighted by Gasteiger charge is 2.05. The van der Waals surface area contributed by atoms with Gasteiger partial charge in [0.1, 0.15) is 0 Å². The molecule has 0 aliphatic carbocycles. The Morgan fingerprint density at radius 1 is 1.33 bits per heavy atom. The SMILES string of the molecule is CC(C)C(S)CCCS. The van der Waals surface area contributed by atoms with Crippen LogP contribution in [0.2, 0.25) is 0 Å². The summed E-state index contributed by atoms with van der Waals surface area (Å²) in [6.07, 6.45) is 2.39. The van der Waals surface area contributed by atoms with Gasteiger partial charge in [-0.1, -0.05) is 13.8 Å². The van der Waals surface area contributed by atoms with E-state index in [4.69, 9.17) is 0 Å². The zero-order valence-corrected chi connectivity index (χ0v) is 7.96. The molecule has 0 radical (unpaired) electrons. The van der Waals surface area contributed by atoms with Crippen molar-refractivity contribution < 1.29 is 0 Å². The maximum Gasteiger partial charge on any atom is 0.00401 e. The van der Waals surface area contributed by atoms with E-state index in [0.29, 0.717) is 11.2 Å². The average molecular weight is 164 g/mol. The lowest BCUT2D eigenvalue weighted by Crippen LogP contribution is -2.07. The molecule has 0 aromatic rings. The van der Waals surface area contributed by atoms with Crippen LogP contribution in [0.3, 0.4) is 0 Å². The molecule has 0 aliphatic heterocycles. The minimum atomic E-state index is 0.567. The Morgan fingerprint density at radius 2 is 1.89 bits per heavy atom. The third-order valence-corrected chi connectivity index (χ3v) is 2.60. The first kappa shape index (κ1) is 9.70. The van der Waals surface area contributed by atoms with E-state index >= 15 is 0 Å². The number of thiol groups is 2. The van der Waals surface area contributed by atoms with Crippen LogP contribution in [-0.4, -0.2) is 11.0 Å². The van der Waals surface area contributed by atoms with Gasteiger partial charge in [0.25, 0.3) is 0 Å². The van der Waals surface area contributed by atoms with E-state index in [-0.39, 0.29) is 0 Å². The van der Waals surface area contributed by atoms with Gasteiger partial charge < -0.3 is 0 Å². The van der Waals surface area contributed by atoms with Crippen molar-refractivity contribution in [2.45, 2.75) is 31.9 Å². The van der Waals surface area contributed by atoms with E-state index in [9.17, 15) is 0 Å². The molecule has 0 heterocycles. The first-order chi connectivity index (χ1) is 4.18. The summed E-state index contributed by atoms with van der Waals surface area (Å²) >= 11 is 8.55. The van der Waals surface area contributed by atoms with Crippen molar-refractivity contribution in [1.82, 2.24) is 0 Å². The monoisotopic (exact) mass is 164 g/mol. The van der Waals surface area contributed by atoms with Crippen molar-refractivity contribution in [1.29, 1.82) is 0 Å². The van der Waals surface area contributed by atoms with E-state index < -0.39 is 0 Å². The van der Waals surface area contributed by atoms with Crippen molar-refractivity contribution in [3.63, 3.8) is 0 Å². The maximum absolute atomic E-state index is 4.42. The molecule has 9 heavy (non-hydrogen) atoms. The highest BCUT2D eigenvalue weighted by Crippen LogP contribution is 2.14. The van der Waals surface area contributed by atoms with Crippen LogP contribution in [0.4, 0.5) is 0 Å². The van der Waals surface area contributed by atoms with Gasteiger partial charge in [0.05, 0.1) is 0 Å². The van der Waals surface area contributed by atoms with Gasteiger partial charge >= 0.3 is 0 Å². The zero-order valence-electron chi connectivity index (χ0n) is 6.17. The number of hydrogen-bond acceptors (Lipinski definition) is 2. The molecule has 1 atom stereocenters. The van der Waals surface area contributed by atoms with Crippen LogP contribution in [0.15, 0.2) is 0 Å². The van der Waals surface area contributed by atoms with E-state index in [2.05, 4.69) is 39.1 Å². The van der Waals surface area contributed by atoms with Crippen molar-refractivity contribution >= 4 is 25.3 Å². The Kier molecular flexibility index (Phi) is 5.91. The van der Waals surface area contributed by atoms with E-state index in [0.717, 1.165) is 5.75 Å². The van der Waals surface area contributed by atoms with Crippen molar-refractivity contribution in [3.05, 3.63) is 0 Å². The molecule has 0 bridgehead atoms. The van der Waals surface area contributed by atoms with Crippen LogP contribution in [-0.2, 0) is 0 Å². The van der Waals surface area contributed by atoms with Gasteiger partial charge in [0, 0.05) is 5.25 Å². The fourth-order valence-corrected chi connectivity index (χ4v) is 0.999. The normalized spacial score (nSPS) is 14.3. The Morgan fingerprint density at radius 3 is 2.22 bits per heavy atom. The van der Waals surface area contributed by atoms with E-state index in [1.165, 1.54) is 12.8 Å². The number of rotatable bonds is 4. The van der Waals surface area contributed by atoms with Crippen molar-refractivity contribution in [3.8, 4) is 0 Å². The molecule has 0 N–H and O–H groups in total. The summed E-state index contributed by atoms with van der Waals surface area (Å²) in [7, 11) is 0. The summed E-state index contributed by atoms with van der Waals surface area (Å²) in [6.45, 7) is 4.41. The van der Waals surface area contributed by atoms with Crippen LogP contribution >= 0.6 is 25.3 Å². The molecule has 1 unspecified atom stereocenters. The maximum atomic E-state index is 4.42. The molecule has 0 saturated carbocycles. The van der Waals surface area contributed by atoms with E-state index in [1.807, 2.05) is 0 Å². The van der Waals surface area contributed by atoms with Gasteiger partial charge in [-0.05, 0) is 24.5 Å². The first-order valence-corrected chi connectivity index (χ1v) is 4.62. The highest BCUT2D eigenvalue weighted by atomic mass is 32.1. The summed E-state index contributed by atoms with van der Waals surface area (Å²) in [5.41, 5.74) is 0. The molecule has 0 aromatic carbocycles. The molecule has 0 saturated heterocycles.